The van der Waals surface area contributed by atoms with Crippen molar-refractivity contribution in [2.45, 2.75) is 58.2 Å². The van der Waals surface area contributed by atoms with Crippen molar-refractivity contribution in [3.05, 3.63) is 35.4 Å². The smallest absolute Gasteiger partial charge is 0.126 e. The molecule has 0 bridgehead atoms. The Morgan fingerprint density at radius 2 is 2.09 bits per heavy atom. The molecule has 1 aromatic rings. The van der Waals surface area contributed by atoms with Crippen LogP contribution < -0.4 is 9.47 Å². The first-order valence-corrected chi connectivity index (χ1v) is 8.14. The van der Waals surface area contributed by atoms with E-state index in [1.165, 1.54) is 11.1 Å². The second-order valence-electron chi connectivity index (χ2n) is 7.07. The SMILES string of the molecule is C/C(=C\COc1ccc2c(c1)OCC2)CCC1(C)OC1(C)C. The highest BCUT2D eigenvalue weighted by molar-refractivity contribution is 5.42. The molecule has 1 fully saturated rings. The second-order valence-corrected chi connectivity index (χ2v) is 7.07. The first-order chi connectivity index (χ1) is 10.4. The van der Waals surface area contributed by atoms with Gasteiger partial charge in [-0.2, -0.15) is 0 Å². The van der Waals surface area contributed by atoms with Crippen molar-refractivity contribution in [1.29, 1.82) is 0 Å². The summed E-state index contributed by atoms with van der Waals surface area (Å²) >= 11 is 0. The van der Waals surface area contributed by atoms with Gasteiger partial charge in [0.05, 0.1) is 17.8 Å². The fourth-order valence-electron chi connectivity index (χ4n) is 2.94. The molecule has 0 aromatic heterocycles. The van der Waals surface area contributed by atoms with Crippen LogP contribution in [0.15, 0.2) is 29.8 Å². The minimum atomic E-state index is 0.0359. The van der Waals surface area contributed by atoms with Crippen LogP contribution in [0, 0.1) is 0 Å². The van der Waals surface area contributed by atoms with Crippen molar-refractivity contribution in [3.63, 3.8) is 0 Å². The molecule has 3 rings (SSSR count). The van der Waals surface area contributed by atoms with E-state index in [4.69, 9.17) is 14.2 Å². The molecule has 120 valence electrons. The van der Waals surface area contributed by atoms with Crippen molar-refractivity contribution in [3.8, 4) is 11.5 Å². The zero-order chi connectivity index (χ0) is 15.8. The summed E-state index contributed by atoms with van der Waals surface area (Å²) in [5.74, 6) is 1.85. The number of ether oxygens (including phenoxy) is 3. The van der Waals surface area contributed by atoms with Gasteiger partial charge in [0.15, 0.2) is 0 Å². The molecule has 1 atom stereocenters. The molecule has 0 saturated carbocycles. The minimum Gasteiger partial charge on any atom is -0.493 e. The lowest BCUT2D eigenvalue weighted by molar-refractivity contribution is 0.277. The first-order valence-electron chi connectivity index (χ1n) is 8.14. The molecular formula is C19H26O3. The van der Waals surface area contributed by atoms with Crippen molar-refractivity contribution in [2.24, 2.45) is 0 Å². The first kappa shape index (κ1) is 15.4. The largest absolute Gasteiger partial charge is 0.493 e. The Morgan fingerprint density at radius 3 is 2.82 bits per heavy atom. The third-order valence-corrected chi connectivity index (χ3v) is 5.06. The van der Waals surface area contributed by atoms with E-state index in [-0.39, 0.29) is 11.2 Å². The Balaban J connectivity index is 1.45. The quantitative estimate of drug-likeness (QED) is 0.580. The molecule has 0 aliphatic carbocycles. The number of hydrogen-bond donors (Lipinski definition) is 0. The highest BCUT2D eigenvalue weighted by atomic mass is 16.6. The Hall–Kier alpha value is -1.48. The normalized spacial score (nSPS) is 25.5. The minimum absolute atomic E-state index is 0.0359. The van der Waals surface area contributed by atoms with Crippen molar-refractivity contribution in [1.82, 2.24) is 0 Å². The van der Waals surface area contributed by atoms with Crippen molar-refractivity contribution in [2.75, 3.05) is 13.2 Å². The Bertz CT molecular complexity index is 588. The number of rotatable bonds is 6. The van der Waals surface area contributed by atoms with Crippen molar-refractivity contribution < 1.29 is 14.2 Å². The van der Waals surface area contributed by atoms with E-state index < -0.39 is 0 Å². The summed E-state index contributed by atoms with van der Waals surface area (Å²) in [5, 5.41) is 0. The van der Waals surface area contributed by atoms with Crippen LogP contribution in [0.1, 0.15) is 46.1 Å². The van der Waals surface area contributed by atoms with E-state index in [1.54, 1.807) is 0 Å². The molecule has 2 aliphatic rings. The number of hydrogen-bond acceptors (Lipinski definition) is 3. The van der Waals surface area contributed by atoms with Crippen LogP contribution in [0.3, 0.4) is 0 Å². The lowest BCUT2D eigenvalue weighted by Crippen LogP contribution is -2.16. The summed E-state index contributed by atoms with van der Waals surface area (Å²) in [6, 6.07) is 6.12. The molecule has 22 heavy (non-hydrogen) atoms. The summed E-state index contributed by atoms with van der Waals surface area (Å²) in [4.78, 5) is 0. The monoisotopic (exact) mass is 302 g/mol. The van der Waals surface area contributed by atoms with Crippen molar-refractivity contribution >= 4 is 0 Å². The number of fused-ring (bicyclic) bond motifs is 1. The lowest BCUT2D eigenvalue weighted by Gasteiger charge is -2.09. The van der Waals surface area contributed by atoms with Crippen LogP contribution in [0.5, 0.6) is 11.5 Å². The van der Waals surface area contributed by atoms with E-state index in [0.717, 1.165) is 37.4 Å². The van der Waals surface area contributed by atoms with Gasteiger partial charge in [-0.05, 0) is 58.2 Å². The van der Waals surface area contributed by atoms with E-state index in [1.807, 2.05) is 12.1 Å². The summed E-state index contributed by atoms with van der Waals surface area (Å²) in [7, 11) is 0. The average Bonchev–Trinajstić information content (AvgIpc) is 2.82. The van der Waals surface area contributed by atoms with Gasteiger partial charge in [0.1, 0.15) is 18.1 Å². The van der Waals surface area contributed by atoms with Crippen LogP contribution in [0.4, 0.5) is 0 Å². The van der Waals surface area contributed by atoms with Gasteiger partial charge in [0.2, 0.25) is 0 Å². The molecule has 0 amide bonds. The van der Waals surface area contributed by atoms with Gasteiger partial charge in [0, 0.05) is 12.5 Å². The maximum absolute atomic E-state index is 5.80. The number of epoxide rings is 1. The van der Waals surface area contributed by atoms with Gasteiger partial charge in [-0.3, -0.25) is 0 Å². The van der Waals surface area contributed by atoms with Crippen LogP contribution in [-0.4, -0.2) is 24.4 Å². The molecule has 2 heterocycles. The molecule has 1 unspecified atom stereocenters. The summed E-state index contributed by atoms with van der Waals surface area (Å²) in [5.41, 5.74) is 2.71. The molecule has 0 spiro atoms. The second kappa shape index (κ2) is 5.62. The number of allylic oxidation sites excluding steroid dienone is 1. The average molecular weight is 302 g/mol. The molecule has 0 radical (unpaired) electrons. The molecule has 0 N–H and O–H groups in total. The van der Waals surface area contributed by atoms with Gasteiger partial charge in [-0.25, -0.2) is 0 Å². The number of benzene rings is 1. The molecule has 3 nitrogen and oxygen atoms in total. The summed E-state index contributed by atoms with van der Waals surface area (Å²) < 4.78 is 17.1. The van der Waals surface area contributed by atoms with Crippen LogP contribution in [0.25, 0.3) is 0 Å². The highest BCUT2D eigenvalue weighted by Crippen LogP contribution is 2.50. The third kappa shape index (κ3) is 3.14. The Morgan fingerprint density at radius 1 is 1.32 bits per heavy atom. The topological polar surface area (TPSA) is 31.0 Å². The predicted molar refractivity (Wildman–Crippen MR) is 87.7 cm³/mol. The van der Waals surface area contributed by atoms with Gasteiger partial charge in [0.25, 0.3) is 0 Å². The van der Waals surface area contributed by atoms with E-state index >= 15 is 0 Å². The van der Waals surface area contributed by atoms with Gasteiger partial charge >= 0.3 is 0 Å². The molecule has 2 aliphatic heterocycles. The summed E-state index contributed by atoms with van der Waals surface area (Å²) in [6.45, 7) is 10.1. The maximum atomic E-state index is 5.80. The molecule has 3 heteroatoms. The van der Waals surface area contributed by atoms with Gasteiger partial charge in [-0.1, -0.05) is 11.6 Å². The molecule has 1 aromatic carbocycles. The molecular weight excluding hydrogens is 276 g/mol. The van der Waals surface area contributed by atoms with Crippen LogP contribution in [-0.2, 0) is 11.2 Å². The van der Waals surface area contributed by atoms with E-state index in [2.05, 4.69) is 39.8 Å². The van der Waals surface area contributed by atoms with Crippen LogP contribution in [0.2, 0.25) is 0 Å². The zero-order valence-corrected chi connectivity index (χ0v) is 14.1. The summed E-state index contributed by atoms with van der Waals surface area (Å²) in [6.07, 6.45) is 5.28. The van der Waals surface area contributed by atoms with Gasteiger partial charge in [-0.15, -0.1) is 0 Å². The standard InChI is InChI=1S/C19H26O3/c1-14(7-10-19(4)18(2,3)22-19)8-11-20-16-6-5-15-9-12-21-17(15)13-16/h5-6,8,13H,7,9-12H2,1-4H3/b14-8+. The Labute approximate surface area is 133 Å². The fourth-order valence-corrected chi connectivity index (χ4v) is 2.94. The zero-order valence-electron chi connectivity index (χ0n) is 14.1. The third-order valence-electron chi connectivity index (χ3n) is 5.06. The Kier molecular flexibility index (Phi) is 3.94. The van der Waals surface area contributed by atoms with Gasteiger partial charge < -0.3 is 14.2 Å². The van der Waals surface area contributed by atoms with E-state index in [0.29, 0.717) is 6.61 Å². The fraction of sp³-hybridized carbons (Fsp3) is 0.579. The molecule has 1 saturated heterocycles. The van der Waals surface area contributed by atoms with Crippen LogP contribution >= 0.6 is 0 Å². The highest BCUT2D eigenvalue weighted by Gasteiger charge is 2.59. The maximum Gasteiger partial charge on any atom is 0.126 e. The van der Waals surface area contributed by atoms with E-state index in [9.17, 15) is 0 Å². The predicted octanol–water partition coefficient (Wildman–Crippen LogP) is 4.29. The lowest BCUT2D eigenvalue weighted by atomic mass is 9.91.